The molecular weight excluding hydrogens is 510 g/mol. The quantitative estimate of drug-likeness (QED) is 0.127. The normalized spacial score (nSPS) is 18.9. The van der Waals surface area contributed by atoms with Crippen LogP contribution in [0.15, 0.2) is 12.3 Å². The molecule has 1 atom stereocenters. The largest absolute Gasteiger partial charge is 0.361 e. The van der Waals surface area contributed by atoms with Crippen molar-refractivity contribution in [3.63, 3.8) is 0 Å². The molecule has 0 N–H and O–H groups in total. The number of aromatic nitrogens is 1. The van der Waals surface area contributed by atoms with E-state index in [0.717, 1.165) is 6.42 Å². The van der Waals surface area contributed by atoms with E-state index in [1.165, 1.54) is 209 Å². The van der Waals surface area contributed by atoms with Crippen LogP contribution in [-0.4, -0.2) is 4.98 Å². The Kier molecular flexibility index (Phi) is 19.1. The zero-order valence-electron chi connectivity index (χ0n) is 28.5. The van der Waals surface area contributed by atoms with Crippen LogP contribution in [0, 0.1) is 0 Å². The van der Waals surface area contributed by atoms with E-state index >= 15 is 0 Å². The number of hydrogen-bond donors (Lipinski definition) is 0. The van der Waals surface area contributed by atoms with Crippen LogP contribution in [0.3, 0.4) is 0 Å². The predicted octanol–water partition coefficient (Wildman–Crippen LogP) is 13.6. The molecule has 3 heterocycles. The van der Waals surface area contributed by atoms with E-state index in [2.05, 4.69) is 26.1 Å². The molecule has 0 fully saturated rings. The number of rotatable bonds is 22. The fourth-order valence-electron chi connectivity index (χ4n) is 7.71. The van der Waals surface area contributed by atoms with E-state index in [9.17, 15) is 0 Å². The number of hydrogen-bond acceptors (Lipinski definition) is 2. The van der Waals surface area contributed by atoms with Gasteiger partial charge in [-0.3, -0.25) is 4.98 Å². The number of fused-ring (bicyclic) bond motifs is 9. The minimum atomic E-state index is -0.0799. The smallest absolute Gasteiger partial charge is 0.101 e. The van der Waals surface area contributed by atoms with Crippen molar-refractivity contribution in [2.45, 2.75) is 225 Å². The van der Waals surface area contributed by atoms with Crippen LogP contribution >= 0.6 is 0 Å². The summed E-state index contributed by atoms with van der Waals surface area (Å²) >= 11 is 0. The summed E-state index contributed by atoms with van der Waals surface area (Å²) in [5.74, 6) is 0. The van der Waals surface area contributed by atoms with Gasteiger partial charge in [0.1, 0.15) is 6.10 Å². The van der Waals surface area contributed by atoms with Crippen LogP contribution in [0.1, 0.15) is 229 Å². The molecule has 242 valence electrons. The molecular formula is C40H71NO. The molecule has 1 aromatic heterocycles. The van der Waals surface area contributed by atoms with Crippen molar-refractivity contribution < 1.29 is 4.74 Å². The summed E-state index contributed by atoms with van der Waals surface area (Å²) in [4.78, 5) is 5.16. The Bertz CT molecular complexity index is 764. The number of ether oxygens (including phenoxy) is 1. The van der Waals surface area contributed by atoms with E-state index in [0.29, 0.717) is 0 Å². The first-order valence-electron chi connectivity index (χ1n) is 19.5. The summed E-state index contributed by atoms with van der Waals surface area (Å²) in [6.45, 7) is 4.63. The molecule has 0 amide bonds. The highest BCUT2D eigenvalue weighted by molar-refractivity contribution is 5.36. The minimum absolute atomic E-state index is 0.0799. The van der Waals surface area contributed by atoms with Crippen molar-refractivity contribution in [1.82, 2.24) is 4.98 Å². The molecule has 42 heavy (non-hydrogen) atoms. The number of aryl methyl sites for hydroxylation is 1. The maximum Gasteiger partial charge on any atom is 0.101 e. The summed E-state index contributed by atoms with van der Waals surface area (Å²) in [5.41, 5.74) is 4.21. The average molecular weight is 582 g/mol. The lowest BCUT2D eigenvalue weighted by molar-refractivity contribution is -0.0940. The molecule has 0 aromatic carbocycles. The van der Waals surface area contributed by atoms with Gasteiger partial charge in [-0.25, -0.2) is 0 Å². The fraction of sp³-hybridized carbons (Fsp3) is 0.875. The molecule has 0 radical (unpaired) electrons. The van der Waals surface area contributed by atoms with Gasteiger partial charge in [0.25, 0.3) is 0 Å². The molecule has 0 saturated carbocycles. The van der Waals surface area contributed by atoms with E-state index < -0.39 is 0 Å². The highest BCUT2D eigenvalue weighted by Gasteiger charge is 2.44. The minimum Gasteiger partial charge on any atom is -0.361 e. The van der Waals surface area contributed by atoms with Gasteiger partial charge in [-0.05, 0) is 43.7 Å². The standard InChI is InChI=1S/C40H71NO/c1-3-5-7-9-11-13-15-20-24-28-32-40(33-29-25-21-16-14-12-10-8-6-4-2)37-34-36-30-26-22-18-17-19-23-27-31-38(42-40)39(37)41-35-36/h34-35,38H,3-33H2,1-2H3/t38-/m0/s1. The van der Waals surface area contributed by atoms with Crippen molar-refractivity contribution in [3.05, 3.63) is 29.1 Å². The van der Waals surface area contributed by atoms with Crippen molar-refractivity contribution >= 4 is 0 Å². The lowest BCUT2D eigenvalue weighted by Crippen LogP contribution is -2.26. The van der Waals surface area contributed by atoms with Gasteiger partial charge in [0.2, 0.25) is 0 Å². The van der Waals surface area contributed by atoms with E-state index in [-0.39, 0.29) is 11.7 Å². The van der Waals surface area contributed by atoms with Crippen molar-refractivity contribution in [2.24, 2.45) is 0 Å². The highest BCUT2D eigenvalue weighted by atomic mass is 16.5. The van der Waals surface area contributed by atoms with Gasteiger partial charge in [-0.2, -0.15) is 0 Å². The van der Waals surface area contributed by atoms with Crippen LogP contribution < -0.4 is 0 Å². The molecule has 4 bridgehead atoms. The van der Waals surface area contributed by atoms with Crippen LogP contribution in [0.25, 0.3) is 0 Å². The Morgan fingerprint density at radius 1 is 0.595 bits per heavy atom. The Balaban J connectivity index is 1.57. The van der Waals surface area contributed by atoms with Gasteiger partial charge in [-0.15, -0.1) is 0 Å². The summed E-state index contributed by atoms with van der Waals surface area (Å²) in [6.07, 6.45) is 44.8. The van der Waals surface area contributed by atoms with Crippen molar-refractivity contribution in [1.29, 1.82) is 0 Å². The van der Waals surface area contributed by atoms with Crippen LogP contribution in [0.4, 0.5) is 0 Å². The second-order valence-corrected chi connectivity index (χ2v) is 14.3. The zero-order valence-corrected chi connectivity index (χ0v) is 28.5. The van der Waals surface area contributed by atoms with Gasteiger partial charge < -0.3 is 4.74 Å². The molecule has 4 rings (SSSR count). The SMILES string of the molecule is CCCCCCCCCCCCC1(CCCCCCCCCCCC)O[C@H]2CCCCCCCCCc3cnc2c1c3. The Hall–Kier alpha value is -0.890. The average Bonchev–Trinajstić information content (AvgIpc) is 3.30. The third-order valence-corrected chi connectivity index (χ3v) is 10.4. The summed E-state index contributed by atoms with van der Waals surface area (Å²) in [7, 11) is 0. The molecule has 3 aliphatic rings. The number of unbranched alkanes of at least 4 members (excludes halogenated alkanes) is 18. The van der Waals surface area contributed by atoms with Gasteiger partial charge in [-0.1, -0.05) is 181 Å². The lowest BCUT2D eigenvalue weighted by atomic mass is 9.83. The Morgan fingerprint density at radius 2 is 1.05 bits per heavy atom. The predicted molar refractivity (Wildman–Crippen MR) is 183 cm³/mol. The topological polar surface area (TPSA) is 22.1 Å². The lowest BCUT2D eigenvalue weighted by Gasteiger charge is -2.31. The molecule has 2 heteroatoms. The summed E-state index contributed by atoms with van der Waals surface area (Å²) in [6, 6.07) is 2.57. The maximum atomic E-state index is 7.25. The molecule has 0 spiro atoms. The van der Waals surface area contributed by atoms with Crippen LogP contribution in [0.2, 0.25) is 0 Å². The Labute approximate surface area is 263 Å². The zero-order chi connectivity index (χ0) is 29.6. The van der Waals surface area contributed by atoms with E-state index in [1.54, 1.807) is 0 Å². The van der Waals surface area contributed by atoms with Crippen molar-refractivity contribution in [2.75, 3.05) is 0 Å². The second-order valence-electron chi connectivity index (χ2n) is 14.3. The first kappa shape index (κ1) is 35.6. The van der Waals surface area contributed by atoms with E-state index in [1.807, 2.05) is 0 Å². The molecule has 1 aliphatic carbocycles. The second kappa shape index (κ2) is 22.6. The van der Waals surface area contributed by atoms with E-state index in [4.69, 9.17) is 9.72 Å². The highest BCUT2D eigenvalue weighted by Crippen LogP contribution is 2.50. The monoisotopic (exact) mass is 582 g/mol. The molecule has 0 unspecified atom stereocenters. The van der Waals surface area contributed by atoms with Crippen molar-refractivity contribution in [3.8, 4) is 0 Å². The summed E-state index contributed by atoms with van der Waals surface area (Å²) < 4.78 is 7.25. The number of pyridine rings is 1. The Morgan fingerprint density at radius 3 is 1.57 bits per heavy atom. The van der Waals surface area contributed by atoms with Gasteiger partial charge >= 0.3 is 0 Å². The molecule has 2 aliphatic heterocycles. The third kappa shape index (κ3) is 13.4. The van der Waals surface area contributed by atoms with Gasteiger partial charge in [0.15, 0.2) is 0 Å². The van der Waals surface area contributed by atoms with Crippen LogP contribution in [-0.2, 0) is 16.8 Å². The number of nitrogens with zero attached hydrogens (tertiary/aromatic N) is 1. The molecule has 1 aromatic rings. The summed E-state index contributed by atoms with van der Waals surface area (Å²) in [5, 5.41) is 0. The first-order chi connectivity index (χ1) is 20.8. The fourth-order valence-corrected chi connectivity index (χ4v) is 7.71. The third-order valence-electron chi connectivity index (χ3n) is 10.4. The maximum absolute atomic E-state index is 7.25. The van der Waals surface area contributed by atoms with Crippen LogP contribution in [0.5, 0.6) is 0 Å². The molecule has 0 saturated heterocycles. The first-order valence-corrected chi connectivity index (χ1v) is 19.5. The van der Waals surface area contributed by atoms with Gasteiger partial charge in [0.05, 0.1) is 11.3 Å². The van der Waals surface area contributed by atoms with Gasteiger partial charge in [0, 0.05) is 11.8 Å². The molecule has 2 nitrogen and oxygen atoms in total.